The summed E-state index contributed by atoms with van der Waals surface area (Å²) in [5.74, 6) is 0. The second-order valence-corrected chi connectivity index (χ2v) is 5.53. The molecular weight excluding hydrogens is 358 g/mol. The summed E-state index contributed by atoms with van der Waals surface area (Å²) in [6.07, 6.45) is 0. The molecule has 0 bridgehead atoms. The number of hydrogen-bond acceptors (Lipinski definition) is 4. The summed E-state index contributed by atoms with van der Waals surface area (Å²) in [7, 11) is 0. The van der Waals surface area contributed by atoms with E-state index in [1.54, 1.807) is 36.4 Å². The van der Waals surface area contributed by atoms with Crippen LogP contribution in [0.25, 0.3) is 0 Å². The lowest BCUT2D eigenvalue weighted by Crippen LogP contribution is -2.04. The lowest BCUT2D eigenvalue weighted by atomic mass is 10.2. The minimum atomic E-state index is -0.399. The molecule has 2 aromatic rings. The first-order valence-electron chi connectivity index (χ1n) is 6.26. The van der Waals surface area contributed by atoms with Crippen LogP contribution in [0.5, 0.6) is 0 Å². The molecule has 0 heterocycles. The van der Waals surface area contributed by atoms with E-state index < -0.39 is 4.92 Å². The van der Waals surface area contributed by atoms with Gasteiger partial charge in [-0.05, 0) is 53.2 Å². The molecule has 0 aliphatic carbocycles. The largest absolute Gasteiger partial charge is 0.380 e. The van der Waals surface area contributed by atoms with Gasteiger partial charge in [0.25, 0.3) is 0 Å². The second-order valence-electron chi connectivity index (χ2n) is 4.24. The first-order chi connectivity index (χ1) is 10.0. The summed E-state index contributed by atoms with van der Waals surface area (Å²) in [6, 6.07) is 10.3. The highest BCUT2D eigenvalue weighted by atomic mass is 79.9. The Morgan fingerprint density at radius 1 is 1.24 bits per heavy atom. The molecule has 7 heteroatoms. The van der Waals surface area contributed by atoms with Crippen molar-refractivity contribution in [2.45, 2.75) is 6.92 Å². The van der Waals surface area contributed by atoms with Crippen molar-refractivity contribution in [3.63, 3.8) is 0 Å². The maximum atomic E-state index is 11.3. The van der Waals surface area contributed by atoms with Crippen LogP contribution in [0.1, 0.15) is 6.92 Å². The van der Waals surface area contributed by atoms with Crippen molar-refractivity contribution in [2.75, 3.05) is 17.2 Å². The van der Waals surface area contributed by atoms with Crippen molar-refractivity contribution in [3.05, 3.63) is 56.0 Å². The monoisotopic (exact) mass is 369 g/mol. The quantitative estimate of drug-likeness (QED) is 0.561. The van der Waals surface area contributed by atoms with Crippen molar-refractivity contribution in [1.29, 1.82) is 0 Å². The molecule has 0 fully saturated rings. The van der Waals surface area contributed by atoms with Gasteiger partial charge in [-0.25, -0.2) is 0 Å². The summed E-state index contributed by atoms with van der Waals surface area (Å²) in [5, 5.41) is 18.0. The van der Waals surface area contributed by atoms with Crippen LogP contribution in [0, 0.1) is 10.1 Å². The van der Waals surface area contributed by atoms with E-state index >= 15 is 0 Å². The third-order valence-corrected chi connectivity index (χ3v) is 3.68. The first-order valence-corrected chi connectivity index (χ1v) is 7.43. The van der Waals surface area contributed by atoms with E-state index in [2.05, 4.69) is 26.6 Å². The molecule has 0 saturated heterocycles. The average molecular weight is 371 g/mol. The molecule has 0 saturated carbocycles. The molecular formula is C14H13BrClN3O2. The van der Waals surface area contributed by atoms with E-state index in [1.165, 1.54) is 0 Å². The molecule has 0 unspecified atom stereocenters. The van der Waals surface area contributed by atoms with Gasteiger partial charge in [0, 0.05) is 16.0 Å². The third-order valence-electron chi connectivity index (χ3n) is 2.79. The van der Waals surface area contributed by atoms with Gasteiger partial charge in [0.1, 0.15) is 11.4 Å². The molecule has 21 heavy (non-hydrogen) atoms. The molecule has 0 aliphatic rings. The van der Waals surface area contributed by atoms with Crippen molar-refractivity contribution in [2.24, 2.45) is 0 Å². The molecule has 0 aromatic heterocycles. The number of hydrogen-bond donors (Lipinski definition) is 2. The fourth-order valence-electron chi connectivity index (χ4n) is 1.91. The van der Waals surface area contributed by atoms with E-state index in [9.17, 15) is 10.1 Å². The van der Waals surface area contributed by atoms with E-state index in [0.717, 1.165) is 4.47 Å². The van der Waals surface area contributed by atoms with Crippen molar-refractivity contribution < 1.29 is 4.92 Å². The molecule has 0 spiro atoms. The molecule has 2 rings (SSSR count). The smallest absolute Gasteiger partial charge is 0.315 e. The number of halogens is 2. The fraction of sp³-hybridized carbons (Fsp3) is 0.143. The third kappa shape index (κ3) is 3.65. The van der Waals surface area contributed by atoms with E-state index in [-0.39, 0.29) is 5.69 Å². The number of rotatable bonds is 5. The number of nitro benzene ring substituents is 1. The topological polar surface area (TPSA) is 67.2 Å². The Morgan fingerprint density at radius 2 is 1.95 bits per heavy atom. The summed E-state index contributed by atoms with van der Waals surface area (Å²) in [4.78, 5) is 10.9. The van der Waals surface area contributed by atoms with Gasteiger partial charge in [-0.1, -0.05) is 17.7 Å². The lowest BCUT2D eigenvalue weighted by molar-refractivity contribution is -0.383. The number of anilines is 3. The predicted molar refractivity (Wildman–Crippen MR) is 89.7 cm³/mol. The molecule has 0 amide bonds. The molecule has 2 N–H and O–H groups in total. The number of para-hydroxylation sites is 1. The highest BCUT2D eigenvalue weighted by Gasteiger charge is 2.19. The Labute approximate surface area is 135 Å². The van der Waals surface area contributed by atoms with Gasteiger partial charge in [0.2, 0.25) is 0 Å². The first kappa shape index (κ1) is 15.6. The van der Waals surface area contributed by atoms with Gasteiger partial charge in [-0.15, -0.1) is 0 Å². The highest BCUT2D eigenvalue weighted by molar-refractivity contribution is 9.10. The zero-order valence-corrected chi connectivity index (χ0v) is 13.5. The molecule has 5 nitrogen and oxygen atoms in total. The van der Waals surface area contributed by atoms with Gasteiger partial charge < -0.3 is 10.6 Å². The van der Waals surface area contributed by atoms with Crippen LogP contribution >= 0.6 is 27.5 Å². The normalized spacial score (nSPS) is 10.2. The molecule has 0 aliphatic heterocycles. The summed E-state index contributed by atoms with van der Waals surface area (Å²) in [6.45, 7) is 2.49. The van der Waals surface area contributed by atoms with Crippen LogP contribution in [0.4, 0.5) is 22.7 Å². The van der Waals surface area contributed by atoms with E-state index in [4.69, 9.17) is 11.6 Å². The van der Waals surface area contributed by atoms with Gasteiger partial charge in [0.05, 0.1) is 10.6 Å². The van der Waals surface area contributed by atoms with Crippen LogP contribution in [-0.2, 0) is 0 Å². The number of nitrogens with one attached hydrogen (secondary N) is 2. The Hall–Kier alpha value is -1.79. The maximum Gasteiger partial charge on any atom is 0.315 e. The van der Waals surface area contributed by atoms with Crippen LogP contribution in [-0.4, -0.2) is 11.5 Å². The van der Waals surface area contributed by atoms with Crippen LogP contribution in [0.2, 0.25) is 5.02 Å². The standard InChI is InChI=1S/C14H13BrClN3O2/c1-2-17-12-4-3-5-13(14(12)19(20)21)18-11-7-6-9(16)8-10(11)15/h3-8,17-18H,2H2,1H3. The van der Waals surface area contributed by atoms with Crippen molar-refractivity contribution in [3.8, 4) is 0 Å². The number of benzene rings is 2. The van der Waals surface area contributed by atoms with Crippen molar-refractivity contribution in [1.82, 2.24) is 0 Å². The minimum Gasteiger partial charge on any atom is -0.380 e. The molecule has 0 atom stereocenters. The number of nitro groups is 1. The van der Waals surface area contributed by atoms with Crippen LogP contribution in [0.15, 0.2) is 40.9 Å². The van der Waals surface area contributed by atoms with E-state index in [0.29, 0.717) is 28.6 Å². The average Bonchev–Trinajstić information content (AvgIpc) is 2.42. The van der Waals surface area contributed by atoms with Gasteiger partial charge in [-0.3, -0.25) is 10.1 Å². The van der Waals surface area contributed by atoms with Gasteiger partial charge in [-0.2, -0.15) is 0 Å². The molecule has 0 radical (unpaired) electrons. The zero-order valence-electron chi connectivity index (χ0n) is 11.2. The Bertz CT molecular complexity index is 679. The minimum absolute atomic E-state index is 0.0150. The second kappa shape index (κ2) is 6.78. The van der Waals surface area contributed by atoms with E-state index in [1.807, 2.05) is 6.92 Å². The summed E-state index contributed by atoms with van der Waals surface area (Å²) < 4.78 is 0.734. The maximum absolute atomic E-state index is 11.3. The van der Waals surface area contributed by atoms with Crippen LogP contribution in [0.3, 0.4) is 0 Å². The Kier molecular flexibility index (Phi) is 5.03. The Balaban J connectivity index is 2.43. The zero-order chi connectivity index (χ0) is 15.4. The Morgan fingerprint density at radius 3 is 2.57 bits per heavy atom. The molecule has 2 aromatic carbocycles. The SMILES string of the molecule is CCNc1cccc(Nc2ccc(Cl)cc2Br)c1[N+](=O)[O-]. The van der Waals surface area contributed by atoms with Crippen molar-refractivity contribution >= 4 is 50.3 Å². The summed E-state index contributed by atoms with van der Waals surface area (Å²) in [5.41, 5.74) is 1.62. The van der Waals surface area contributed by atoms with Gasteiger partial charge >= 0.3 is 5.69 Å². The van der Waals surface area contributed by atoms with Crippen LogP contribution < -0.4 is 10.6 Å². The summed E-state index contributed by atoms with van der Waals surface area (Å²) >= 11 is 9.28. The molecule has 110 valence electrons. The lowest BCUT2D eigenvalue weighted by Gasteiger charge is -2.12. The fourth-order valence-corrected chi connectivity index (χ4v) is 2.69. The van der Waals surface area contributed by atoms with Gasteiger partial charge in [0.15, 0.2) is 0 Å². The number of nitrogens with zero attached hydrogens (tertiary/aromatic N) is 1. The predicted octanol–water partition coefficient (Wildman–Crippen LogP) is 5.19. The highest BCUT2D eigenvalue weighted by Crippen LogP contribution is 2.36.